The van der Waals surface area contributed by atoms with Crippen molar-refractivity contribution in [3.8, 4) is 0 Å². The minimum Gasteiger partial charge on any atom is -0.247 e. The minimum atomic E-state index is -0.508. The maximum atomic E-state index is 14.1. The first-order valence-electron chi connectivity index (χ1n) is 12.4. The van der Waals surface area contributed by atoms with Crippen molar-refractivity contribution in [1.29, 1.82) is 0 Å². The van der Waals surface area contributed by atoms with Gasteiger partial charge in [0.1, 0.15) is 6.17 Å². The summed E-state index contributed by atoms with van der Waals surface area (Å²) in [5, 5.41) is 0. The molecule has 0 aliphatic heterocycles. The van der Waals surface area contributed by atoms with Crippen LogP contribution in [0.5, 0.6) is 0 Å². The molecule has 4 aliphatic carbocycles. The van der Waals surface area contributed by atoms with Crippen LogP contribution in [0, 0.1) is 52.3 Å². The minimum absolute atomic E-state index is 0.453. The highest BCUT2D eigenvalue weighted by molar-refractivity contribution is 5.09. The highest BCUT2D eigenvalue weighted by Gasteiger charge is 2.60. The lowest BCUT2D eigenvalue weighted by atomic mass is 9.44. The Morgan fingerprint density at radius 3 is 2.26 bits per heavy atom. The van der Waals surface area contributed by atoms with Crippen LogP contribution in [-0.2, 0) is 0 Å². The van der Waals surface area contributed by atoms with E-state index in [2.05, 4.69) is 34.6 Å². The van der Waals surface area contributed by atoms with Gasteiger partial charge in [-0.2, -0.15) is 0 Å². The molecule has 156 valence electrons. The van der Waals surface area contributed by atoms with Crippen molar-refractivity contribution in [1.82, 2.24) is 0 Å². The van der Waals surface area contributed by atoms with Crippen LogP contribution in [0.15, 0.2) is 0 Å². The van der Waals surface area contributed by atoms with Gasteiger partial charge in [0.2, 0.25) is 0 Å². The van der Waals surface area contributed by atoms with Crippen LogP contribution in [0.2, 0.25) is 0 Å². The summed E-state index contributed by atoms with van der Waals surface area (Å²) in [6, 6.07) is 0. The zero-order valence-electron chi connectivity index (χ0n) is 18.8. The standard InChI is InChI=1S/C26H45F/c1-17(2)6-7-18(3)22-10-11-23-21-9-8-19-16-20(27)12-14-25(19,4)24(21)13-15-26(22,23)5/h17-24H,6-16H2,1-5H3. The lowest BCUT2D eigenvalue weighted by Crippen LogP contribution is -2.53. The number of halogens is 1. The van der Waals surface area contributed by atoms with E-state index in [1.54, 1.807) is 0 Å². The van der Waals surface area contributed by atoms with Crippen molar-refractivity contribution >= 4 is 0 Å². The molecule has 4 rings (SSSR count). The van der Waals surface area contributed by atoms with Crippen LogP contribution in [0.1, 0.15) is 105 Å². The van der Waals surface area contributed by atoms with Crippen molar-refractivity contribution in [2.75, 3.05) is 0 Å². The van der Waals surface area contributed by atoms with E-state index in [1.807, 2.05) is 0 Å². The fourth-order valence-corrected chi connectivity index (χ4v) is 8.98. The average Bonchev–Trinajstić information content (AvgIpc) is 2.97. The molecule has 27 heavy (non-hydrogen) atoms. The summed E-state index contributed by atoms with van der Waals surface area (Å²) in [5.74, 6) is 6.17. The number of fused-ring (bicyclic) bond motifs is 5. The number of hydrogen-bond donors (Lipinski definition) is 0. The summed E-state index contributed by atoms with van der Waals surface area (Å²) in [5.41, 5.74) is 1.05. The predicted molar refractivity (Wildman–Crippen MR) is 113 cm³/mol. The Labute approximate surface area is 168 Å². The highest BCUT2D eigenvalue weighted by atomic mass is 19.1. The molecule has 9 unspecified atom stereocenters. The molecule has 9 atom stereocenters. The zero-order chi connectivity index (χ0) is 19.4. The van der Waals surface area contributed by atoms with E-state index in [4.69, 9.17) is 0 Å². The van der Waals surface area contributed by atoms with Gasteiger partial charge in [-0.15, -0.1) is 0 Å². The first-order chi connectivity index (χ1) is 12.8. The SMILES string of the molecule is CC(C)CCC(C)C1CCC2C3CCC4CC(F)CCC4(C)C3CCC12C. The fourth-order valence-electron chi connectivity index (χ4n) is 8.98. The molecule has 0 spiro atoms. The molecule has 0 nitrogen and oxygen atoms in total. The third-order valence-electron chi connectivity index (χ3n) is 10.6. The lowest BCUT2D eigenvalue weighted by Gasteiger charge is -2.61. The normalized spacial score (nSPS) is 50.8. The molecule has 0 saturated heterocycles. The van der Waals surface area contributed by atoms with Gasteiger partial charge < -0.3 is 0 Å². The van der Waals surface area contributed by atoms with Gasteiger partial charge in [-0.05, 0) is 110 Å². The second kappa shape index (κ2) is 7.32. The molecule has 1 heteroatoms. The third kappa shape index (κ3) is 3.31. The Bertz CT molecular complexity index is 526. The van der Waals surface area contributed by atoms with E-state index < -0.39 is 6.17 Å². The molecule has 0 aromatic carbocycles. The summed E-state index contributed by atoms with van der Waals surface area (Å²) in [4.78, 5) is 0. The lowest BCUT2D eigenvalue weighted by molar-refractivity contribution is -0.122. The maximum absolute atomic E-state index is 14.1. The Morgan fingerprint density at radius 2 is 1.52 bits per heavy atom. The van der Waals surface area contributed by atoms with Crippen LogP contribution in [0.3, 0.4) is 0 Å². The van der Waals surface area contributed by atoms with Gasteiger partial charge in [0.25, 0.3) is 0 Å². The van der Waals surface area contributed by atoms with E-state index >= 15 is 0 Å². The van der Waals surface area contributed by atoms with Crippen molar-refractivity contribution in [2.24, 2.45) is 52.3 Å². The van der Waals surface area contributed by atoms with Crippen molar-refractivity contribution in [2.45, 2.75) is 111 Å². The molecular formula is C26H45F. The summed E-state index contributed by atoms with van der Waals surface area (Å²) in [7, 11) is 0. The third-order valence-corrected chi connectivity index (χ3v) is 10.6. The molecule has 4 aliphatic rings. The Kier molecular flexibility index (Phi) is 5.48. The summed E-state index contributed by atoms with van der Waals surface area (Å²) in [6.45, 7) is 12.6. The van der Waals surface area contributed by atoms with Gasteiger partial charge in [0, 0.05) is 0 Å². The van der Waals surface area contributed by atoms with Gasteiger partial charge in [-0.25, -0.2) is 4.39 Å². The average molecular weight is 377 g/mol. The van der Waals surface area contributed by atoms with E-state index in [-0.39, 0.29) is 0 Å². The van der Waals surface area contributed by atoms with E-state index in [0.717, 1.165) is 54.8 Å². The van der Waals surface area contributed by atoms with E-state index in [9.17, 15) is 4.39 Å². The van der Waals surface area contributed by atoms with Crippen molar-refractivity contribution in [3.05, 3.63) is 0 Å². The Hall–Kier alpha value is -0.0700. The molecule has 0 radical (unpaired) electrons. The second-order valence-electron chi connectivity index (χ2n) is 12.2. The highest BCUT2D eigenvalue weighted by Crippen LogP contribution is 2.68. The summed E-state index contributed by atoms with van der Waals surface area (Å²) >= 11 is 0. The Morgan fingerprint density at radius 1 is 0.815 bits per heavy atom. The number of rotatable bonds is 4. The van der Waals surface area contributed by atoms with Crippen LogP contribution in [0.25, 0.3) is 0 Å². The van der Waals surface area contributed by atoms with Gasteiger partial charge in [0.15, 0.2) is 0 Å². The molecule has 0 N–H and O–H groups in total. The van der Waals surface area contributed by atoms with Crippen LogP contribution >= 0.6 is 0 Å². The van der Waals surface area contributed by atoms with Gasteiger partial charge in [-0.1, -0.05) is 47.5 Å². The molecule has 4 fully saturated rings. The molecule has 0 heterocycles. The molecule has 0 aromatic rings. The number of hydrogen-bond acceptors (Lipinski definition) is 0. The number of alkyl halides is 1. The van der Waals surface area contributed by atoms with Gasteiger partial charge >= 0.3 is 0 Å². The smallest absolute Gasteiger partial charge is 0.100 e. The van der Waals surface area contributed by atoms with E-state index in [1.165, 1.54) is 51.4 Å². The monoisotopic (exact) mass is 376 g/mol. The molecule has 4 saturated carbocycles. The first kappa shape index (κ1) is 20.2. The van der Waals surface area contributed by atoms with Crippen LogP contribution in [0.4, 0.5) is 4.39 Å². The maximum Gasteiger partial charge on any atom is 0.100 e. The molecule has 0 aromatic heterocycles. The van der Waals surface area contributed by atoms with Gasteiger partial charge in [-0.3, -0.25) is 0 Å². The zero-order valence-corrected chi connectivity index (χ0v) is 18.8. The summed E-state index contributed by atoms with van der Waals surface area (Å²) < 4.78 is 14.1. The van der Waals surface area contributed by atoms with Crippen LogP contribution in [-0.4, -0.2) is 6.17 Å². The van der Waals surface area contributed by atoms with E-state index in [0.29, 0.717) is 16.7 Å². The second-order valence-corrected chi connectivity index (χ2v) is 12.2. The molecular weight excluding hydrogens is 331 g/mol. The first-order valence-corrected chi connectivity index (χ1v) is 12.4. The van der Waals surface area contributed by atoms with Crippen LogP contribution < -0.4 is 0 Å². The molecule has 0 amide bonds. The predicted octanol–water partition coefficient (Wildman–Crippen LogP) is 8.06. The quantitative estimate of drug-likeness (QED) is 0.465. The summed E-state index contributed by atoms with van der Waals surface area (Å²) in [6.07, 6.45) is 13.8. The van der Waals surface area contributed by atoms with Gasteiger partial charge in [0.05, 0.1) is 0 Å². The Balaban J connectivity index is 1.50. The largest absolute Gasteiger partial charge is 0.247 e. The fraction of sp³-hybridized carbons (Fsp3) is 1.00. The molecule has 0 bridgehead atoms. The van der Waals surface area contributed by atoms with Crippen molar-refractivity contribution < 1.29 is 4.39 Å². The topological polar surface area (TPSA) is 0 Å². The van der Waals surface area contributed by atoms with Crippen molar-refractivity contribution in [3.63, 3.8) is 0 Å².